The summed E-state index contributed by atoms with van der Waals surface area (Å²) in [5.41, 5.74) is 0.198. The second kappa shape index (κ2) is 4.19. The average molecular weight is 300 g/mol. The molecule has 3 fully saturated rings. The molecule has 22 heavy (non-hydrogen) atoms. The molecule has 1 amide bonds. The van der Waals surface area contributed by atoms with Crippen molar-refractivity contribution < 1.29 is 14.3 Å². The van der Waals surface area contributed by atoms with Crippen LogP contribution in [0.15, 0.2) is 24.7 Å². The van der Waals surface area contributed by atoms with Crippen molar-refractivity contribution in [3.8, 4) is 5.88 Å². The lowest BCUT2D eigenvalue weighted by Gasteiger charge is -2.41. The summed E-state index contributed by atoms with van der Waals surface area (Å²) in [5, 5.41) is 4.11. The van der Waals surface area contributed by atoms with Crippen LogP contribution in [0.25, 0.3) is 5.52 Å². The molecule has 114 valence electrons. The van der Waals surface area contributed by atoms with E-state index < -0.39 is 5.60 Å². The molecule has 1 spiro atoms. The maximum atomic E-state index is 12.5. The SMILES string of the molecule is O=C1N2CCCC2OC12CC(Oc1ncnn3cccc13)C2. The minimum atomic E-state index is -0.638. The lowest BCUT2D eigenvalue weighted by atomic mass is 9.76. The van der Waals surface area contributed by atoms with Gasteiger partial charge in [0, 0.05) is 25.6 Å². The van der Waals surface area contributed by atoms with Crippen LogP contribution >= 0.6 is 0 Å². The van der Waals surface area contributed by atoms with E-state index in [1.165, 1.54) is 6.33 Å². The third-order valence-electron chi connectivity index (χ3n) is 4.90. The summed E-state index contributed by atoms with van der Waals surface area (Å²) in [6, 6.07) is 3.81. The minimum Gasteiger partial charge on any atom is -0.473 e. The van der Waals surface area contributed by atoms with Gasteiger partial charge in [-0.25, -0.2) is 4.52 Å². The zero-order valence-electron chi connectivity index (χ0n) is 12.0. The number of carbonyl (C=O) groups excluding carboxylic acids is 1. The Balaban J connectivity index is 1.32. The van der Waals surface area contributed by atoms with Crippen LogP contribution in [0.1, 0.15) is 25.7 Å². The predicted molar refractivity (Wildman–Crippen MR) is 75.2 cm³/mol. The van der Waals surface area contributed by atoms with Gasteiger partial charge in [-0.2, -0.15) is 10.1 Å². The van der Waals surface area contributed by atoms with Crippen molar-refractivity contribution in [3.63, 3.8) is 0 Å². The Bertz CT molecular complexity index is 752. The first kappa shape index (κ1) is 12.4. The number of ether oxygens (including phenoxy) is 2. The first-order chi connectivity index (χ1) is 10.8. The Morgan fingerprint density at radius 1 is 1.41 bits per heavy atom. The number of nitrogens with zero attached hydrogens (tertiary/aromatic N) is 4. The number of amides is 1. The van der Waals surface area contributed by atoms with Crippen LogP contribution in [-0.4, -0.2) is 49.9 Å². The normalized spacial score (nSPS) is 33.5. The molecule has 1 saturated carbocycles. The third-order valence-corrected chi connectivity index (χ3v) is 4.90. The van der Waals surface area contributed by atoms with E-state index in [4.69, 9.17) is 9.47 Å². The van der Waals surface area contributed by atoms with Crippen molar-refractivity contribution in [3.05, 3.63) is 24.7 Å². The fourth-order valence-corrected chi connectivity index (χ4v) is 3.78. The molecular formula is C15H16N4O3. The van der Waals surface area contributed by atoms with Crippen LogP contribution in [0.4, 0.5) is 0 Å². The molecule has 0 N–H and O–H groups in total. The monoisotopic (exact) mass is 300 g/mol. The summed E-state index contributed by atoms with van der Waals surface area (Å²) >= 11 is 0. The van der Waals surface area contributed by atoms with Gasteiger partial charge in [0.2, 0.25) is 5.88 Å². The standard InChI is InChI=1S/C15H16N4O3/c20-14-15(22-12-4-2-5-18(12)14)7-10(8-15)21-13-11-3-1-6-19(11)17-9-16-13/h1,3,6,9-10,12H,2,4-5,7-8H2. The molecule has 4 heterocycles. The van der Waals surface area contributed by atoms with Crippen LogP contribution in [0.5, 0.6) is 5.88 Å². The van der Waals surface area contributed by atoms with Crippen LogP contribution in [0.2, 0.25) is 0 Å². The maximum absolute atomic E-state index is 12.5. The largest absolute Gasteiger partial charge is 0.473 e. The van der Waals surface area contributed by atoms with Gasteiger partial charge in [0.1, 0.15) is 24.2 Å². The van der Waals surface area contributed by atoms with Crippen LogP contribution < -0.4 is 4.74 Å². The summed E-state index contributed by atoms with van der Waals surface area (Å²) < 4.78 is 13.7. The fourth-order valence-electron chi connectivity index (χ4n) is 3.78. The van der Waals surface area contributed by atoms with Crippen LogP contribution in [-0.2, 0) is 9.53 Å². The van der Waals surface area contributed by atoms with Gasteiger partial charge >= 0.3 is 0 Å². The average Bonchev–Trinajstić information content (AvgIpc) is 3.16. The number of hydrogen-bond acceptors (Lipinski definition) is 5. The van der Waals surface area contributed by atoms with Crippen LogP contribution in [0.3, 0.4) is 0 Å². The molecule has 1 aliphatic carbocycles. The predicted octanol–water partition coefficient (Wildman–Crippen LogP) is 0.988. The molecule has 7 nitrogen and oxygen atoms in total. The highest BCUT2D eigenvalue weighted by molar-refractivity contribution is 5.88. The smallest absolute Gasteiger partial charge is 0.257 e. The van der Waals surface area contributed by atoms with Gasteiger partial charge in [0.05, 0.1) is 0 Å². The highest BCUT2D eigenvalue weighted by atomic mass is 16.6. The van der Waals surface area contributed by atoms with Crippen molar-refractivity contribution >= 4 is 11.4 Å². The molecule has 2 saturated heterocycles. The lowest BCUT2D eigenvalue weighted by molar-refractivity contribution is -0.162. The summed E-state index contributed by atoms with van der Waals surface area (Å²) in [6.07, 6.45) is 6.50. The molecule has 2 aromatic heterocycles. The van der Waals surface area contributed by atoms with Crippen molar-refractivity contribution in [1.82, 2.24) is 19.5 Å². The summed E-state index contributed by atoms with van der Waals surface area (Å²) in [6.45, 7) is 0.827. The van der Waals surface area contributed by atoms with Gasteiger partial charge in [-0.05, 0) is 25.0 Å². The summed E-state index contributed by atoms with van der Waals surface area (Å²) in [7, 11) is 0. The van der Waals surface area contributed by atoms with Gasteiger partial charge in [0.15, 0.2) is 5.60 Å². The number of hydrogen-bond donors (Lipinski definition) is 0. The van der Waals surface area contributed by atoms with E-state index in [-0.39, 0.29) is 18.2 Å². The molecule has 5 rings (SSSR count). The van der Waals surface area contributed by atoms with Crippen LogP contribution in [0, 0.1) is 0 Å². The van der Waals surface area contributed by atoms with Gasteiger partial charge in [-0.15, -0.1) is 0 Å². The molecule has 2 aromatic rings. The summed E-state index contributed by atoms with van der Waals surface area (Å²) in [4.78, 5) is 18.6. The van der Waals surface area contributed by atoms with E-state index in [1.807, 2.05) is 23.2 Å². The van der Waals surface area contributed by atoms with Crippen molar-refractivity contribution in [2.24, 2.45) is 0 Å². The first-order valence-electron chi connectivity index (χ1n) is 7.69. The molecule has 0 bridgehead atoms. The molecule has 0 aromatic carbocycles. The second-order valence-corrected chi connectivity index (χ2v) is 6.26. The Hall–Kier alpha value is -2.15. The zero-order valence-corrected chi connectivity index (χ0v) is 12.0. The molecule has 3 aliphatic rings. The highest BCUT2D eigenvalue weighted by Crippen LogP contribution is 2.47. The van der Waals surface area contributed by atoms with Gasteiger partial charge in [-0.1, -0.05) is 0 Å². The van der Waals surface area contributed by atoms with E-state index in [0.717, 1.165) is 24.9 Å². The fraction of sp³-hybridized carbons (Fsp3) is 0.533. The first-order valence-corrected chi connectivity index (χ1v) is 7.69. The minimum absolute atomic E-state index is 0.00941. The molecular weight excluding hydrogens is 284 g/mol. The number of rotatable bonds is 2. The molecule has 1 atom stereocenters. The maximum Gasteiger partial charge on any atom is 0.257 e. The molecule has 7 heteroatoms. The Morgan fingerprint density at radius 3 is 3.18 bits per heavy atom. The van der Waals surface area contributed by atoms with E-state index >= 15 is 0 Å². The van der Waals surface area contributed by atoms with E-state index in [0.29, 0.717) is 18.7 Å². The quantitative estimate of drug-likeness (QED) is 0.827. The zero-order chi connectivity index (χ0) is 14.7. The topological polar surface area (TPSA) is 69.0 Å². The third kappa shape index (κ3) is 1.57. The van der Waals surface area contributed by atoms with E-state index in [1.54, 1.807) is 4.52 Å². The Labute approximate surface area is 126 Å². The van der Waals surface area contributed by atoms with Gasteiger partial charge in [0.25, 0.3) is 5.91 Å². The van der Waals surface area contributed by atoms with E-state index in [2.05, 4.69) is 10.1 Å². The molecule has 0 radical (unpaired) electrons. The van der Waals surface area contributed by atoms with Gasteiger partial charge < -0.3 is 14.4 Å². The van der Waals surface area contributed by atoms with E-state index in [9.17, 15) is 4.79 Å². The number of fused-ring (bicyclic) bond motifs is 2. The molecule has 2 aliphatic heterocycles. The second-order valence-electron chi connectivity index (χ2n) is 6.26. The highest BCUT2D eigenvalue weighted by Gasteiger charge is 2.61. The molecule has 1 unspecified atom stereocenters. The summed E-state index contributed by atoms with van der Waals surface area (Å²) in [5.74, 6) is 0.705. The van der Waals surface area contributed by atoms with Crippen molar-refractivity contribution in [2.75, 3.05) is 6.54 Å². The van der Waals surface area contributed by atoms with Crippen molar-refractivity contribution in [1.29, 1.82) is 0 Å². The van der Waals surface area contributed by atoms with Gasteiger partial charge in [-0.3, -0.25) is 4.79 Å². The number of carbonyl (C=O) groups is 1. The van der Waals surface area contributed by atoms with Crippen molar-refractivity contribution in [2.45, 2.75) is 43.6 Å². The lowest BCUT2D eigenvalue weighted by Crippen LogP contribution is -2.55. The Kier molecular flexibility index (Phi) is 2.36. The number of aromatic nitrogens is 3. The Morgan fingerprint density at radius 2 is 2.32 bits per heavy atom.